The van der Waals surface area contributed by atoms with Gasteiger partial charge in [0.25, 0.3) is 5.91 Å². The van der Waals surface area contributed by atoms with E-state index in [-0.39, 0.29) is 11.4 Å². The highest BCUT2D eigenvalue weighted by Crippen LogP contribution is 2.18. The number of carbonyl (C=O) groups is 1. The minimum atomic E-state index is -0.222. The van der Waals surface area contributed by atoms with E-state index in [9.17, 15) is 4.79 Å². The Morgan fingerprint density at radius 2 is 1.82 bits per heavy atom. The third-order valence-corrected chi connectivity index (χ3v) is 5.54. The predicted molar refractivity (Wildman–Crippen MR) is 87.2 cm³/mol. The predicted octanol–water partition coefficient (Wildman–Crippen LogP) is 3.96. The van der Waals surface area contributed by atoms with Gasteiger partial charge in [0.15, 0.2) is 0 Å². The van der Waals surface area contributed by atoms with Crippen LogP contribution >= 0.6 is 54.5 Å². The van der Waals surface area contributed by atoms with Gasteiger partial charge in [-0.25, -0.2) is 0 Å². The quantitative estimate of drug-likeness (QED) is 0.508. The number of halogens is 3. The molecule has 0 saturated carbocycles. The summed E-state index contributed by atoms with van der Waals surface area (Å²) in [6, 6.07) is 7.57. The van der Waals surface area contributed by atoms with Crippen LogP contribution in [0.25, 0.3) is 0 Å². The van der Waals surface area contributed by atoms with Crippen molar-refractivity contribution in [2.75, 3.05) is 10.7 Å². The highest BCUT2D eigenvalue weighted by molar-refractivity contribution is 14.1. The Labute approximate surface area is 132 Å². The van der Waals surface area contributed by atoms with Crippen molar-refractivity contribution in [2.45, 2.75) is 18.9 Å². The number of hydrogen-bond acceptors (Lipinski definition) is 1. The number of nitrogens with one attached hydrogen (secondary N) is 1. The van der Waals surface area contributed by atoms with Crippen LogP contribution in [0, 0.1) is 3.57 Å². The van der Waals surface area contributed by atoms with E-state index in [1.807, 2.05) is 24.3 Å². The minimum Gasteiger partial charge on any atom is -0.345 e. The maximum atomic E-state index is 12.1. The van der Waals surface area contributed by atoms with Gasteiger partial charge in [0.2, 0.25) is 0 Å². The molecule has 0 spiro atoms. The van der Waals surface area contributed by atoms with Gasteiger partial charge in [-0.1, -0.05) is 38.8 Å². The van der Waals surface area contributed by atoms with Crippen molar-refractivity contribution in [1.29, 1.82) is 0 Å². The smallest absolute Gasteiger partial charge is 0.251 e. The Kier molecular flexibility index (Phi) is 6.44. The third kappa shape index (κ3) is 4.21. The van der Waals surface area contributed by atoms with Crippen molar-refractivity contribution in [3.8, 4) is 0 Å². The largest absolute Gasteiger partial charge is 0.345 e. The summed E-state index contributed by atoms with van der Waals surface area (Å²) in [6.07, 6.45) is 0.875. The van der Waals surface area contributed by atoms with Crippen LogP contribution in [0.1, 0.15) is 23.7 Å². The zero-order chi connectivity index (χ0) is 12.9. The molecule has 0 bridgehead atoms. The van der Waals surface area contributed by atoms with E-state index in [1.54, 1.807) is 0 Å². The van der Waals surface area contributed by atoms with E-state index >= 15 is 0 Å². The number of hydrogen-bond donors (Lipinski definition) is 1. The first kappa shape index (κ1) is 15.4. The summed E-state index contributed by atoms with van der Waals surface area (Å²) in [5, 5.41) is 4.55. The van der Waals surface area contributed by atoms with E-state index in [0.29, 0.717) is 5.56 Å². The van der Waals surface area contributed by atoms with Crippen LogP contribution in [0.5, 0.6) is 0 Å². The van der Waals surface area contributed by atoms with Crippen LogP contribution in [0.3, 0.4) is 0 Å². The fraction of sp³-hybridized carbons (Fsp3) is 0.417. The summed E-state index contributed by atoms with van der Waals surface area (Å²) in [7, 11) is 0. The van der Waals surface area contributed by atoms with E-state index in [4.69, 9.17) is 0 Å². The average Bonchev–Trinajstić information content (AvgIpc) is 2.37. The summed E-state index contributed by atoms with van der Waals surface area (Å²) < 4.78 is 1.13. The maximum Gasteiger partial charge on any atom is 0.251 e. The molecule has 1 N–H and O–H groups in total. The second-order valence-corrected chi connectivity index (χ2v) is 6.23. The number of carbonyl (C=O) groups excluding carboxylic acids is 1. The van der Waals surface area contributed by atoms with Crippen LogP contribution in [-0.4, -0.2) is 22.1 Å². The van der Waals surface area contributed by atoms with E-state index in [2.05, 4.69) is 66.7 Å². The fourth-order valence-electron chi connectivity index (χ4n) is 1.29. The molecule has 0 aliphatic carbocycles. The molecule has 0 radical (unpaired) electrons. The van der Waals surface area contributed by atoms with E-state index in [0.717, 1.165) is 20.7 Å². The zero-order valence-corrected chi connectivity index (χ0v) is 14.8. The molecule has 0 unspecified atom stereocenters. The molecule has 5 heteroatoms. The standard InChI is InChI=1S/C12H14Br2INO/c1-2-12(7-13,8-14)16-11(17)9-3-5-10(15)6-4-9/h3-6H,2,7-8H2,1H3,(H,16,17). The minimum absolute atomic E-state index is 0.0258. The topological polar surface area (TPSA) is 29.1 Å². The Morgan fingerprint density at radius 1 is 1.29 bits per heavy atom. The highest BCUT2D eigenvalue weighted by atomic mass is 127. The molecule has 0 atom stereocenters. The van der Waals surface area contributed by atoms with Gasteiger partial charge in [-0.3, -0.25) is 4.79 Å². The Bertz CT molecular complexity index is 368. The molecule has 0 fully saturated rings. The second-order valence-electron chi connectivity index (χ2n) is 3.86. The van der Waals surface area contributed by atoms with E-state index in [1.165, 1.54) is 0 Å². The van der Waals surface area contributed by atoms with Gasteiger partial charge < -0.3 is 5.32 Å². The second kappa shape index (κ2) is 7.09. The summed E-state index contributed by atoms with van der Waals surface area (Å²) in [6.45, 7) is 2.07. The van der Waals surface area contributed by atoms with E-state index < -0.39 is 0 Å². The molecule has 1 aromatic rings. The molecule has 0 saturated heterocycles. The van der Waals surface area contributed by atoms with Gasteiger partial charge in [0.05, 0.1) is 5.54 Å². The first-order valence-electron chi connectivity index (χ1n) is 5.27. The van der Waals surface area contributed by atoms with Crippen LogP contribution in [-0.2, 0) is 0 Å². The molecular formula is C12H14Br2INO. The van der Waals surface area contributed by atoms with Crippen LogP contribution < -0.4 is 5.32 Å². The molecule has 1 amide bonds. The Morgan fingerprint density at radius 3 is 2.24 bits per heavy atom. The molecule has 1 aromatic carbocycles. The number of amides is 1. The SMILES string of the molecule is CCC(CBr)(CBr)NC(=O)c1ccc(I)cc1. The monoisotopic (exact) mass is 473 g/mol. The number of benzene rings is 1. The van der Waals surface area contributed by atoms with Gasteiger partial charge in [0.1, 0.15) is 0 Å². The molecule has 0 aliphatic rings. The molecule has 0 heterocycles. The number of alkyl halides is 2. The van der Waals surface area contributed by atoms with Gasteiger partial charge in [0, 0.05) is 19.8 Å². The molecule has 0 aliphatic heterocycles. The molecule has 94 valence electrons. The maximum absolute atomic E-state index is 12.1. The molecule has 0 aromatic heterocycles. The zero-order valence-electron chi connectivity index (χ0n) is 9.47. The average molecular weight is 475 g/mol. The fourth-order valence-corrected chi connectivity index (χ4v) is 3.66. The van der Waals surface area contributed by atoms with Gasteiger partial charge >= 0.3 is 0 Å². The van der Waals surface area contributed by atoms with Crippen molar-refractivity contribution < 1.29 is 4.79 Å². The summed E-state index contributed by atoms with van der Waals surface area (Å²) in [5.74, 6) is -0.0258. The molecular weight excluding hydrogens is 461 g/mol. The third-order valence-electron chi connectivity index (χ3n) is 2.67. The Balaban J connectivity index is 2.81. The van der Waals surface area contributed by atoms with Crippen LogP contribution in [0.4, 0.5) is 0 Å². The summed E-state index contributed by atoms with van der Waals surface area (Å²) in [5.41, 5.74) is 0.477. The van der Waals surface area contributed by atoms with Gasteiger partial charge in [-0.15, -0.1) is 0 Å². The van der Waals surface area contributed by atoms with Gasteiger partial charge in [-0.05, 0) is 53.3 Å². The van der Waals surface area contributed by atoms with Crippen molar-refractivity contribution in [2.24, 2.45) is 0 Å². The number of rotatable bonds is 5. The lowest BCUT2D eigenvalue weighted by Gasteiger charge is -2.30. The van der Waals surface area contributed by atoms with Gasteiger partial charge in [-0.2, -0.15) is 0 Å². The molecule has 17 heavy (non-hydrogen) atoms. The lowest BCUT2D eigenvalue weighted by Crippen LogP contribution is -2.51. The van der Waals surface area contributed by atoms with Crippen molar-refractivity contribution >= 4 is 60.4 Å². The molecule has 1 rings (SSSR count). The van der Waals surface area contributed by atoms with Crippen molar-refractivity contribution in [3.05, 3.63) is 33.4 Å². The summed E-state index contributed by atoms with van der Waals surface area (Å²) in [4.78, 5) is 12.1. The van der Waals surface area contributed by atoms with Crippen molar-refractivity contribution in [3.63, 3.8) is 0 Å². The summed E-state index contributed by atoms with van der Waals surface area (Å²) >= 11 is 9.14. The lowest BCUT2D eigenvalue weighted by molar-refractivity contribution is 0.0915. The first-order valence-corrected chi connectivity index (χ1v) is 8.59. The normalized spacial score (nSPS) is 11.3. The first-order chi connectivity index (χ1) is 8.06. The van der Waals surface area contributed by atoms with Crippen LogP contribution in [0.2, 0.25) is 0 Å². The van der Waals surface area contributed by atoms with Crippen molar-refractivity contribution in [1.82, 2.24) is 5.32 Å². The molecule has 2 nitrogen and oxygen atoms in total. The highest BCUT2D eigenvalue weighted by Gasteiger charge is 2.27. The van der Waals surface area contributed by atoms with Crippen LogP contribution in [0.15, 0.2) is 24.3 Å². The Hall–Kier alpha value is 0.380. The lowest BCUT2D eigenvalue weighted by atomic mass is 10.0.